The summed E-state index contributed by atoms with van der Waals surface area (Å²) < 4.78 is 8.29. The van der Waals surface area contributed by atoms with Crippen molar-refractivity contribution in [1.82, 2.24) is 9.55 Å². The van der Waals surface area contributed by atoms with Crippen LogP contribution in [0.3, 0.4) is 0 Å². The zero-order chi connectivity index (χ0) is 22.5. The third kappa shape index (κ3) is 2.95. The van der Waals surface area contributed by atoms with Crippen LogP contribution in [0.25, 0.3) is 61.2 Å². The average molecular weight is 437 g/mol. The quantitative estimate of drug-likeness (QED) is 0.279. The van der Waals surface area contributed by atoms with E-state index >= 15 is 0 Å². The van der Waals surface area contributed by atoms with Gasteiger partial charge in [-0.05, 0) is 65.7 Å². The SMILES string of the molecule is c1ccc(-c2ccc3c(c2)c2ccccc2n3-c2ccc(-c3nc4ccccc4o3)cc2)cc1. The van der Waals surface area contributed by atoms with Gasteiger partial charge in [-0.1, -0.05) is 66.7 Å². The zero-order valence-electron chi connectivity index (χ0n) is 18.3. The highest BCUT2D eigenvalue weighted by atomic mass is 16.3. The summed E-state index contributed by atoms with van der Waals surface area (Å²) in [5, 5.41) is 2.50. The van der Waals surface area contributed by atoms with Crippen LogP contribution in [0.4, 0.5) is 0 Å². The molecule has 0 atom stereocenters. The van der Waals surface area contributed by atoms with Gasteiger partial charge in [0, 0.05) is 22.0 Å². The van der Waals surface area contributed by atoms with E-state index in [9.17, 15) is 0 Å². The van der Waals surface area contributed by atoms with Gasteiger partial charge in [0.15, 0.2) is 5.58 Å². The van der Waals surface area contributed by atoms with Crippen LogP contribution in [0, 0.1) is 0 Å². The molecule has 0 aliphatic carbocycles. The summed E-state index contributed by atoms with van der Waals surface area (Å²) >= 11 is 0. The second-order valence-electron chi connectivity index (χ2n) is 8.48. The summed E-state index contributed by atoms with van der Waals surface area (Å²) in [6, 6.07) is 42.2. The standard InChI is InChI=1S/C31H20N2O/c1-2-8-21(9-3-1)23-16-19-29-26(20-23)25-10-4-6-12-28(25)33(29)24-17-14-22(15-18-24)31-32-27-11-5-7-13-30(27)34-31/h1-20H. The third-order valence-electron chi connectivity index (χ3n) is 6.45. The van der Waals surface area contributed by atoms with Crippen LogP contribution in [0.5, 0.6) is 0 Å². The van der Waals surface area contributed by atoms with Crippen molar-refractivity contribution in [3.63, 3.8) is 0 Å². The zero-order valence-corrected chi connectivity index (χ0v) is 18.3. The van der Waals surface area contributed by atoms with Gasteiger partial charge < -0.3 is 8.98 Å². The monoisotopic (exact) mass is 436 g/mol. The fourth-order valence-electron chi connectivity index (χ4n) is 4.81. The highest BCUT2D eigenvalue weighted by Gasteiger charge is 2.14. The van der Waals surface area contributed by atoms with Crippen molar-refractivity contribution >= 4 is 32.9 Å². The van der Waals surface area contributed by atoms with Gasteiger partial charge in [0.1, 0.15) is 5.52 Å². The van der Waals surface area contributed by atoms with Gasteiger partial charge in [-0.3, -0.25) is 0 Å². The Balaban J connectivity index is 1.38. The summed E-state index contributed by atoms with van der Waals surface area (Å²) in [4.78, 5) is 4.64. The van der Waals surface area contributed by atoms with Crippen molar-refractivity contribution in [3.8, 4) is 28.3 Å². The van der Waals surface area contributed by atoms with Crippen molar-refractivity contribution in [2.45, 2.75) is 0 Å². The molecule has 0 aliphatic rings. The van der Waals surface area contributed by atoms with Gasteiger partial charge in [-0.2, -0.15) is 0 Å². The molecule has 0 aliphatic heterocycles. The van der Waals surface area contributed by atoms with Crippen LogP contribution in [0.1, 0.15) is 0 Å². The van der Waals surface area contributed by atoms with Crippen LogP contribution in [0.15, 0.2) is 126 Å². The summed E-state index contributed by atoms with van der Waals surface area (Å²) in [5.41, 5.74) is 8.58. The van der Waals surface area contributed by atoms with Crippen molar-refractivity contribution in [2.75, 3.05) is 0 Å². The van der Waals surface area contributed by atoms with E-state index in [1.165, 1.54) is 32.9 Å². The number of aromatic nitrogens is 2. The molecule has 0 fully saturated rings. The lowest BCUT2D eigenvalue weighted by atomic mass is 10.0. The first-order valence-corrected chi connectivity index (χ1v) is 11.4. The van der Waals surface area contributed by atoms with Crippen molar-refractivity contribution < 1.29 is 4.42 Å². The van der Waals surface area contributed by atoms with Crippen LogP contribution >= 0.6 is 0 Å². The third-order valence-corrected chi connectivity index (χ3v) is 6.45. The summed E-state index contributed by atoms with van der Waals surface area (Å²) in [6.45, 7) is 0. The number of nitrogens with zero attached hydrogens (tertiary/aromatic N) is 2. The molecule has 2 heterocycles. The predicted molar refractivity (Wildman–Crippen MR) is 139 cm³/mol. The Kier molecular flexibility index (Phi) is 4.15. The largest absolute Gasteiger partial charge is 0.436 e. The molecular weight excluding hydrogens is 416 g/mol. The molecule has 5 aromatic carbocycles. The maximum absolute atomic E-state index is 5.96. The minimum atomic E-state index is 0.641. The number of rotatable bonds is 3. The molecule has 2 aromatic heterocycles. The van der Waals surface area contributed by atoms with Crippen molar-refractivity contribution in [2.24, 2.45) is 0 Å². The lowest BCUT2D eigenvalue weighted by Gasteiger charge is -2.09. The Morgan fingerprint density at radius 1 is 0.529 bits per heavy atom. The Labute approximate surface area is 196 Å². The molecule has 3 heteroatoms. The lowest BCUT2D eigenvalue weighted by molar-refractivity contribution is 0.620. The van der Waals surface area contributed by atoms with E-state index in [1.807, 2.05) is 24.3 Å². The summed E-state index contributed by atoms with van der Waals surface area (Å²) in [6.07, 6.45) is 0. The number of hydrogen-bond donors (Lipinski definition) is 0. The van der Waals surface area contributed by atoms with E-state index in [4.69, 9.17) is 4.42 Å². The predicted octanol–water partition coefficient (Wildman–Crippen LogP) is 8.26. The minimum Gasteiger partial charge on any atom is -0.436 e. The first-order valence-electron chi connectivity index (χ1n) is 11.4. The number of benzene rings is 5. The van der Waals surface area contributed by atoms with Crippen molar-refractivity contribution in [3.05, 3.63) is 121 Å². The molecule has 3 nitrogen and oxygen atoms in total. The van der Waals surface area contributed by atoms with E-state index in [-0.39, 0.29) is 0 Å². The Morgan fingerprint density at radius 3 is 2.09 bits per heavy atom. The highest BCUT2D eigenvalue weighted by molar-refractivity contribution is 6.10. The van der Waals surface area contributed by atoms with Crippen molar-refractivity contribution in [1.29, 1.82) is 0 Å². The number of fused-ring (bicyclic) bond motifs is 4. The van der Waals surface area contributed by atoms with Gasteiger partial charge in [-0.15, -0.1) is 0 Å². The Hall–Kier alpha value is -4.63. The molecule has 0 spiro atoms. The van der Waals surface area contributed by atoms with E-state index < -0.39 is 0 Å². The fraction of sp³-hybridized carbons (Fsp3) is 0. The Bertz CT molecular complexity index is 1760. The second kappa shape index (κ2) is 7.46. The van der Waals surface area contributed by atoms with Crippen LogP contribution in [-0.4, -0.2) is 9.55 Å². The molecule has 34 heavy (non-hydrogen) atoms. The maximum Gasteiger partial charge on any atom is 0.227 e. The number of hydrogen-bond acceptors (Lipinski definition) is 2. The lowest BCUT2D eigenvalue weighted by Crippen LogP contribution is -1.93. The van der Waals surface area contributed by atoms with Gasteiger partial charge >= 0.3 is 0 Å². The molecule has 0 unspecified atom stereocenters. The first-order chi connectivity index (χ1) is 16.8. The summed E-state index contributed by atoms with van der Waals surface area (Å²) in [7, 11) is 0. The van der Waals surface area contributed by atoms with Gasteiger partial charge in [-0.25, -0.2) is 4.98 Å². The Morgan fingerprint density at radius 2 is 1.24 bits per heavy atom. The number of oxazole rings is 1. The van der Waals surface area contributed by atoms with Crippen LogP contribution in [-0.2, 0) is 0 Å². The highest BCUT2D eigenvalue weighted by Crippen LogP contribution is 2.35. The molecule has 0 saturated heterocycles. The molecular formula is C31H20N2O. The van der Waals surface area contributed by atoms with E-state index in [2.05, 4.69) is 107 Å². The molecule has 7 aromatic rings. The average Bonchev–Trinajstić information content (AvgIpc) is 3.48. The van der Waals surface area contributed by atoms with Gasteiger partial charge in [0.2, 0.25) is 5.89 Å². The molecule has 0 amide bonds. The van der Waals surface area contributed by atoms with Gasteiger partial charge in [0.25, 0.3) is 0 Å². The second-order valence-corrected chi connectivity index (χ2v) is 8.48. The van der Waals surface area contributed by atoms with E-state index in [0.717, 1.165) is 22.4 Å². The minimum absolute atomic E-state index is 0.641. The fourth-order valence-corrected chi connectivity index (χ4v) is 4.81. The van der Waals surface area contributed by atoms with Crippen LogP contribution < -0.4 is 0 Å². The first kappa shape index (κ1) is 18.9. The van der Waals surface area contributed by atoms with E-state index in [0.29, 0.717) is 5.89 Å². The van der Waals surface area contributed by atoms with Crippen LogP contribution in [0.2, 0.25) is 0 Å². The molecule has 7 rings (SSSR count). The molecule has 0 radical (unpaired) electrons. The van der Waals surface area contributed by atoms with E-state index in [1.54, 1.807) is 0 Å². The molecule has 160 valence electrons. The molecule has 0 N–H and O–H groups in total. The number of para-hydroxylation sites is 3. The smallest absolute Gasteiger partial charge is 0.227 e. The maximum atomic E-state index is 5.96. The molecule has 0 saturated carbocycles. The topological polar surface area (TPSA) is 31.0 Å². The normalized spacial score (nSPS) is 11.5. The van der Waals surface area contributed by atoms with Gasteiger partial charge in [0.05, 0.1) is 11.0 Å². The summed E-state index contributed by atoms with van der Waals surface area (Å²) in [5.74, 6) is 0.641. The molecule has 0 bridgehead atoms.